The van der Waals surface area contributed by atoms with Gasteiger partial charge in [-0.05, 0) is 20.3 Å². The normalized spacial score (nSPS) is 40.3. The van der Waals surface area contributed by atoms with Gasteiger partial charge in [0.2, 0.25) is 0 Å². The lowest BCUT2D eigenvalue weighted by molar-refractivity contribution is -0.235. The van der Waals surface area contributed by atoms with E-state index in [0.29, 0.717) is 12.9 Å². The second-order valence-electron chi connectivity index (χ2n) is 5.47. The van der Waals surface area contributed by atoms with Crippen LogP contribution in [0.1, 0.15) is 33.6 Å². The van der Waals surface area contributed by atoms with Crippen molar-refractivity contribution in [3.05, 3.63) is 0 Å². The van der Waals surface area contributed by atoms with Crippen molar-refractivity contribution in [1.29, 1.82) is 0 Å². The highest BCUT2D eigenvalue weighted by molar-refractivity contribution is 5.65. The summed E-state index contributed by atoms with van der Waals surface area (Å²) in [6.45, 7) is 5.75. The minimum atomic E-state index is -1.61. The van der Waals surface area contributed by atoms with Gasteiger partial charge in [0.05, 0.1) is 6.61 Å². The van der Waals surface area contributed by atoms with Crippen molar-refractivity contribution < 1.29 is 28.1 Å². The average Bonchev–Trinajstić information content (AvgIpc) is 2.78. The molecule has 0 N–H and O–H groups in total. The summed E-state index contributed by atoms with van der Waals surface area (Å²) in [5.74, 6) is -0.891. The summed E-state index contributed by atoms with van der Waals surface area (Å²) in [6.07, 6.45) is -1.03. The first-order chi connectivity index (χ1) is 8.94. The number of fused-ring (bicyclic) bond motifs is 1. The molecule has 110 valence electrons. The zero-order chi connectivity index (χ0) is 14.1. The topological polar surface area (TPSA) is 54.0 Å². The van der Waals surface area contributed by atoms with E-state index in [0.717, 1.165) is 12.8 Å². The van der Waals surface area contributed by atoms with Gasteiger partial charge < -0.3 is 18.9 Å². The number of hydrogen-bond acceptors (Lipinski definition) is 5. The van der Waals surface area contributed by atoms with Crippen LogP contribution in [0, 0.1) is 0 Å². The SMILES string of the molecule is CCCCOC[C@@]1(C=O)O[C@@H]2OC(C)(C)O[C@@H]2[C@@H]1F. The predicted octanol–water partition coefficient (Wildman–Crippen LogP) is 1.59. The van der Waals surface area contributed by atoms with Crippen molar-refractivity contribution in [3.63, 3.8) is 0 Å². The van der Waals surface area contributed by atoms with Crippen LogP contribution in [-0.2, 0) is 23.7 Å². The van der Waals surface area contributed by atoms with E-state index in [-0.39, 0.29) is 6.61 Å². The Labute approximate surface area is 112 Å². The summed E-state index contributed by atoms with van der Waals surface area (Å²) in [5.41, 5.74) is -1.61. The molecular weight excluding hydrogens is 255 g/mol. The molecule has 2 heterocycles. The Morgan fingerprint density at radius 1 is 1.32 bits per heavy atom. The molecule has 0 radical (unpaired) electrons. The van der Waals surface area contributed by atoms with Crippen LogP contribution in [0.4, 0.5) is 4.39 Å². The molecule has 5 nitrogen and oxygen atoms in total. The van der Waals surface area contributed by atoms with Gasteiger partial charge in [0.15, 0.2) is 30.1 Å². The van der Waals surface area contributed by atoms with E-state index >= 15 is 0 Å². The Morgan fingerprint density at radius 3 is 2.63 bits per heavy atom. The van der Waals surface area contributed by atoms with Crippen LogP contribution in [-0.4, -0.2) is 49.5 Å². The van der Waals surface area contributed by atoms with Gasteiger partial charge in [-0.25, -0.2) is 4.39 Å². The lowest BCUT2D eigenvalue weighted by Gasteiger charge is -2.28. The van der Waals surface area contributed by atoms with Gasteiger partial charge in [-0.3, -0.25) is 4.79 Å². The molecule has 0 unspecified atom stereocenters. The van der Waals surface area contributed by atoms with Crippen molar-refractivity contribution in [1.82, 2.24) is 0 Å². The first-order valence-corrected chi connectivity index (χ1v) is 6.66. The molecule has 2 aliphatic heterocycles. The van der Waals surface area contributed by atoms with Crippen molar-refractivity contribution >= 4 is 6.29 Å². The summed E-state index contributed by atoms with van der Waals surface area (Å²) >= 11 is 0. The quantitative estimate of drug-likeness (QED) is 0.544. The highest BCUT2D eigenvalue weighted by Crippen LogP contribution is 2.43. The molecule has 2 fully saturated rings. The van der Waals surface area contributed by atoms with E-state index in [1.807, 2.05) is 6.92 Å². The molecule has 0 aromatic carbocycles. The molecular formula is C13H21FO5. The maximum atomic E-state index is 14.4. The summed E-state index contributed by atoms with van der Waals surface area (Å²) in [7, 11) is 0. The number of carbonyl (C=O) groups is 1. The number of aldehydes is 1. The van der Waals surface area contributed by atoms with E-state index in [1.165, 1.54) is 0 Å². The molecule has 2 rings (SSSR count). The fourth-order valence-corrected chi connectivity index (χ4v) is 2.32. The molecule has 4 atom stereocenters. The summed E-state index contributed by atoms with van der Waals surface area (Å²) in [5, 5.41) is 0. The van der Waals surface area contributed by atoms with Crippen LogP contribution in [0.3, 0.4) is 0 Å². The molecule has 0 spiro atoms. The van der Waals surface area contributed by atoms with E-state index in [1.54, 1.807) is 13.8 Å². The maximum absolute atomic E-state index is 14.4. The standard InChI is InChI=1S/C13H21FO5/c1-4-5-6-16-8-13(7-15)10(14)9-11(19-13)18-12(2,3)17-9/h7,9-11H,4-6,8H2,1-3H3/t9-,10+,11+,13-/m1/s1. The second-order valence-corrected chi connectivity index (χ2v) is 5.47. The maximum Gasteiger partial charge on any atom is 0.191 e. The lowest BCUT2D eigenvalue weighted by Crippen LogP contribution is -2.47. The van der Waals surface area contributed by atoms with Gasteiger partial charge in [-0.2, -0.15) is 0 Å². The highest BCUT2D eigenvalue weighted by atomic mass is 19.1. The summed E-state index contributed by atoms with van der Waals surface area (Å²) in [6, 6.07) is 0. The van der Waals surface area contributed by atoms with Crippen LogP contribution < -0.4 is 0 Å². The molecule has 2 aliphatic rings. The van der Waals surface area contributed by atoms with E-state index in [2.05, 4.69) is 0 Å². The van der Waals surface area contributed by atoms with Crippen molar-refractivity contribution in [2.45, 2.75) is 63.6 Å². The minimum Gasteiger partial charge on any atom is -0.378 e. The number of carbonyl (C=O) groups excluding carboxylic acids is 1. The van der Waals surface area contributed by atoms with Crippen molar-refractivity contribution in [2.75, 3.05) is 13.2 Å². The van der Waals surface area contributed by atoms with Gasteiger partial charge >= 0.3 is 0 Å². The molecule has 0 aliphatic carbocycles. The van der Waals surface area contributed by atoms with Crippen molar-refractivity contribution in [3.8, 4) is 0 Å². The monoisotopic (exact) mass is 276 g/mol. The average molecular weight is 276 g/mol. The Kier molecular flexibility index (Phi) is 4.25. The highest BCUT2D eigenvalue weighted by Gasteiger charge is 2.63. The largest absolute Gasteiger partial charge is 0.378 e. The third kappa shape index (κ3) is 2.81. The number of unbranched alkanes of at least 4 members (excludes halogenated alkanes) is 1. The van der Waals surface area contributed by atoms with E-state index in [4.69, 9.17) is 18.9 Å². The van der Waals surface area contributed by atoms with Gasteiger partial charge in [-0.1, -0.05) is 13.3 Å². The Hall–Kier alpha value is -0.560. The molecule has 2 saturated heterocycles. The predicted molar refractivity (Wildman–Crippen MR) is 64.3 cm³/mol. The molecule has 6 heteroatoms. The van der Waals surface area contributed by atoms with Gasteiger partial charge in [0, 0.05) is 6.61 Å². The van der Waals surface area contributed by atoms with Gasteiger partial charge in [0.25, 0.3) is 0 Å². The third-order valence-electron chi connectivity index (χ3n) is 3.35. The Bertz CT molecular complexity index is 335. The molecule has 0 bridgehead atoms. The van der Waals surface area contributed by atoms with Crippen molar-refractivity contribution in [2.24, 2.45) is 0 Å². The number of hydrogen-bond donors (Lipinski definition) is 0. The zero-order valence-corrected chi connectivity index (χ0v) is 11.6. The Morgan fingerprint density at radius 2 is 2.05 bits per heavy atom. The van der Waals surface area contributed by atoms with E-state index < -0.39 is 30.0 Å². The number of rotatable bonds is 6. The fourth-order valence-electron chi connectivity index (χ4n) is 2.32. The summed E-state index contributed by atoms with van der Waals surface area (Å²) in [4.78, 5) is 11.2. The lowest BCUT2D eigenvalue weighted by atomic mass is 9.99. The minimum absolute atomic E-state index is 0.113. The third-order valence-corrected chi connectivity index (χ3v) is 3.35. The van der Waals surface area contributed by atoms with Crippen LogP contribution in [0.2, 0.25) is 0 Å². The summed E-state index contributed by atoms with van der Waals surface area (Å²) < 4.78 is 36.0. The smallest absolute Gasteiger partial charge is 0.191 e. The Balaban J connectivity index is 1.98. The van der Waals surface area contributed by atoms with Gasteiger partial charge in [-0.15, -0.1) is 0 Å². The van der Waals surface area contributed by atoms with Crippen LogP contribution in [0.25, 0.3) is 0 Å². The molecule has 19 heavy (non-hydrogen) atoms. The first kappa shape index (κ1) is 14.8. The van der Waals surface area contributed by atoms with Gasteiger partial charge in [0.1, 0.15) is 6.10 Å². The van der Waals surface area contributed by atoms with Crippen LogP contribution in [0.5, 0.6) is 0 Å². The number of alkyl halides is 1. The van der Waals surface area contributed by atoms with E-state index in [9.17, 15) is 9.18 Å². The number of halogens is 1. The molecule has 0 amide bonds. The molecule has 0 aromatic rings. The molecule has 0 aromatic heterocycles. The molecule has 0 saturated carbocycles. The van der Waals surface area contributed by atoms with Crippen LogP contribution >= 0.6 is 0 Å². The van der Waals surface area contributed by atoms with Crippen LogP contribution in [0.15, 0.2) is 0 Å². The second kappa shape index (κ2) is 5.44. The number of ether oxygens (including phenoxy) is 4. The first-order valence-electron chi connectivity index (χ1n) is 6.66. The fraction of sp³-hybridized carbons (Fsp3) is 0.923. The zero-order valence-electron chi connectivity index (χ0n) is 11.6.